The lowest BCUT2D eigenvalue weighted by Crippen LogP contribution is -2.51. The second-order valence-electron chi connectivity index (χ2n) is 7.41. The molecule has 2 fully saturated rings. The van der Waals surface area contributed by atoms with Gasteiger partial charge in [-0.05, 0) is 50.4 Å². The van der Waals surface area contributed by atoms with Crippen LogP contribution in [-0.4, -0.2) is 60.4 Å². The summed E-state index contributed by atoms with van der Waals surface area (Å²) < 4.78 is 27.2. The smallest absolute Gasteiger partial charge is 0.317 e. The van der Waals surface area contributed by atoms with Crippen molar-refractivity contribution in [2.45, 2.75) is 38.6 Å². The van der Waals surface area contributed by atoms with Gasteiger partial charge in [-0.15, -0.1) is 0 Å². The molecule has 7 heteroatoms. The highest BCUT2D eigenvalue weighted by atomic mass is 19.1. The molecule has 0 aliphatic carbocycles. The molecule has 1 aromatic rings. The highest BCUT2D eigenvalue weighted by Crippen LogP contribution is 2.24. The second kappa shape index (κ2) is 8.78. The predicted molar refractivity (Wildman–Crippen MR) is 98.7 cm³/mol. The fourth-order valence-electron chi connectivity index (χ4n) is 3.91. The molecule has 3 rings (SSSR count). The van der Waals surface area contributed by atoms with E-state index in [2.05, 4.69) is 17.1 Å². The molecule has 0 atom stereocenters. The fraction of sp³-hybridized carbons (Fsp3) is 0.600. The van der Waals surface area contributed by atoms with Gasteiger partial charge in [-0.1, -0.05) is 6.92 Å². The summed E-state index contributed by atoms with van der Waals surface area (Å²) in [6.45, 7) is 6.07. The highest BCUT2D eigenvalue weighted by Gasteiger charge is 2.30. The Labute approximate surface area is 158 Å². The third-order valence-electron chi connectivity index (χ3n) is 5.71. The Kier molecular flexibility index (Phi) is 6.42. The van der Waals surface area contributed by atoms with E-state index in [0.29, 0.717) is 25.9 Å². The van der Waals surface area contributed by atoms with Gasteiger partial charge in [0, 0.05) is 38.1 Å². The molecule has 0 unspecified atom stereocenters. The third kappa shape index (κ3) is 4.83. The minimum absolute atomic E-state index is 0.0900. The largest absolute Gasteiger partial charge is 0.335 e. The molecule has 1 aromatic carbocycles. The molecule has 0 saturated carbocycles. The zero-order valence-corrected chi connectivity index (χ0v) is 15.7. The van der Waals surface area contributed by atoms with Crippen LogP contribution in [0.1, 0.15) is 43.0 Å². The van der Waals surface area contributed by atoms with Crippen molar-refractivity contribution in [2.24, 2.45) is 5.92 Å². The number of urea groups is 1. The summed E-state index contributed by atoms with van der Waals surface area (Å²) in [7, 11) is 0. The van der Waals surface area contributed by atoms with Crippen molar-refractivity contribution >= 4 is 11.8 Å². The molecule has 0 aromatic heterocycles. The average Bonchev–Trinajstić information content (AvgIpc) is 2.70. The topological polar surface area (TPSA) is 52.7 Å². The van der Waals surface area contributed by atoms with Crippen molar-refractivity contribution in [1.82, 2.24) is 15.1 Å². The molecule has 0 spiro atoms. The number of hydrogen-bond donors (Lipinski definition) is 1. The molecule has 0 radical (unpaired) electrons. The summed E-state index contributed by atoms with van der Waals surface area (Å²) in [6.07, 6.45) is 2.84. The molecule has 5 nitrogen and oxygen atoms in total. The number of nitrogens with zero attached hydrogens (tertiary/aromatic N) is 2. The van der Waals surface area contributed by atoms with Gasteiger partial charge in [0.15, 0.2) is 5.78 Å². The summed E-state index contributed by atoms with van der Waals surface area (Å²) >= 11 is 0. The van der Waals surface area contributed by atoms with E-state index < -0.39 is 11.6 Å². The Balaban J connectivity index is 1.49. The number of benzene rings is 1. The number of carbonyl (C=O) groups excluding carboxylic acids is 2. The molecule has 2 heterocycles. The summed E-state index contributed by atoms with van der Waals surface area (Å²) in [5.74, 6) is -2.07. The summed E-state index contributed by atoms with van der Waals surface area (Å²) in [5.41, 5.74) is -0.194. The standard InChI is InChI=1S/C20H27F2N3O2/c1-2-24-9-7-16(8-10-24)23-20(27)25-11-5-14(6-12-25)19(26)17-13-15(21)3-4-18(17)22/h3-4,13-14,16H,2,5-12H2,1H3,(H,23,27). The normalized spacial score (nSPS) is 19.9. The average molecular weight is 379 g/mol. The number of amides is 2. The number of hydrogen-bond acceptors (Lipinski definition) is 3. The molecule has 2 saturated heterocycles. The van der Waals surface area contributed by atoms with E-state index in [1.165, 1.54) is 0 Å². The number of carbonyl (C=O) groups is 2. The number of ketones is 1. The SMILES string of the molecule is CCN1CCC(NC(=O)N2CCC(C(=O)c3cc(F)ccc3F)CC2)CC1. The Morgan fingerprint density at radius 3 is 2.37 bits per heavy atom. The first kappa shape index (κ1) is 19.7. The van der Waals surface area contributed by atoms with Crippen LogP contribution in [-0.2, 0) is 0 Å². The number of Topliss-reactive ketones (excluding diaryl/α,β-unsaturated/α-hetero) is 1. The number of likely N-dealkylation sites (tertiary alicyclic amines) is 2. The first-order valence-corrected chi connectivity index (χ1v) is 9.75. The zero-order chi connectivity index (χ0) is 19.4. The maximum Gasteiger partial charge on any atom is 0.317 e. The Bertz CT molecular complexity index is 682. The van der Waals surface area contributed by atoms with Gasteiger partial charge in [0.2, 0.25) is 0 Å². The van der Waals surface area contributed by atoms with Gasteiger partial charge in [0.1, 0.15) is 11.6 Å². The van der Waals surface area contributed by atoms with E-state index in [9.17, 15) is 18.4 Å². The highest BCUT2D eigenvalue weighted by molar-refractivity contribution is 5.98. The van der Waals surface area contributed by atoms with Crippen LogP contribution in [0.15, 0.2) is 18.2 Å². The quantitative estimate of drug-likeness (QED) is 0.818. The summed E-state index contributed by atoms with van der Waals surface area (Å²) in [5, 5.41) is 3.09. The van der Waals surface area contributed by atoms with Crippen LogP contribution in [0.5, 0.6) is 0 Å². The van der Waals surface area contributed by atoms with Crippen LogP contribution >= 0.6 is 0 Å². The van der Waals surface area contributed by atoms with Crippen LogP contribution in [0.3, 0.4) is 0 Å². The molecule has 1 N–H and O–H groups in total. The minimum atomic E-state index is -0.694. The van der Waals surface area contributed by atoms with Crippen molar-refractivity contribution in [2.75, 3.05) is 32.7 Å². The molecule has 2 aliphatic heterocycles. The van der Waals surface area contributed by atoms with E-state index >= 15 is 0 Å². The number of nitrogens with one attached hydrogen (secondary N) is 1. The van der Waals surface area contributed by atoms with E-state index in [0.717, 1.165) is 50.7 Å². The lowest BCUT2D eigenvalue weighted by atomic mass is 9.88. The van der Waals surface area contributed by atoms with Crippen molar-refractivity contribution in [3.05, 3.63) is 35.4 Å². The van der Waals surface area contributed by atoms with Crippen molar-refractivity contribution in [3.8, 4) is 0 Å². The lowest BCUT2D eigenvalue weighted by molar-refractivity contribution is 0.0846. The van der Waals surface area contributed by atoms with Crippen LogP contribution in [0.2, 0.25) is 0 Å². The van der Waals surface area contributed by atoms with Crippen LogP contribution in [0.4, 0.5) is 13.6 Å². The molecule has 2 amide bonds. The Morgan fingerprint density at radius 1 is 1.07 bits per heavy atom. The first-order chi connectivity index (χ1) is 13.0. The molecule has 148 valence electrons. The van der Waals surface area contributed by atoms with Crippen molar-refractivity contribution in [1.29, 1.82) is 0 Å². The van der Waals surface area contributed by atoms with E-state index in [1.54, 1.807) is 4.90 Å². The Morgan fingerprint density at radius 2 is 1.74 bits per heavy atom. The van der Waals surface area contributed by atoms with Gasteiger partial charge < -0.3 is 15.1 Å². The number of piperidine rings is 2. The van der Waals surface area contributed by atoms with Gasteiger partial charge in [0.05, 0.1) is 5.56 Å². The summed E-state index contributed by atoms with van der Waals surface area (Å²) in [6, 6.07) is 3.05. The molecule has 2 aliphatic rings. The van der Waals surface area contributed by atoms with Gasteiger partial charge >= 0.3 is 6.03 Å². The number of halogens is 2. The Hall–Kier alpha value is -2.02. The van der Waals surface area contributed by atoms with Crippen LogP contribution in [0, 0.1) is 17.6 Å². The van der Waals surface area contributed by atoms with E-state index in [4.69, 9.17) is 0 Å². The monoisotopic (exact) mass is 379 g/mol. The maximum absolute atomic E-state index is 13.8. The van der Waals surface area contributed by atoms with Gasteiger partial charge in [-0.25, -0.2) is 13.6 Å². The van der Waals surface area contributed by atoms with Gasteiger partial charge in [0.25, 0.3) is 0 Å². The fourth-order valence-corrected chi connectivity index (χ4v) is 3.91. The first-order valence-electron chi connectivity index (χ1n) is 9.75. The van der Waals surface area contributed by atoms with Crippen LogP contribution in [0.25, 0.3) is 0 Å². The van der Waals surface area contributed by atoms with Crippen molar-refractivity contribution in [3.63, 3.8) is 0 Å². The summed E-state index contributed by atoms with van der Waals surface area (Å²) in [4.78, 5) is 29.1. The molecular weight excluding hydrogens is 352 g/mol. The minimum Gasteiger partial charge on any atom is -0.335 e. The van der Waals surface area contributed by atoms with E-state index in [1.807, 2.05) is 0 Å². The van der Waals surface area contributed by atoms with Gasteiger partial charge in [-0.2, -0.15) is 0 Å². The number of rotatable bonds is 4. The molecular formula is C20H27F2N3O2. The van der Waals surface area contributed by atoms with Crippen molar-refractivity contribution < 1.29 is 18.4 Å². The molecule has 0 bridgehead atoms. The zero-order valence-electron chi connectivity index (χ0n) is 15.7. The van der Waals surface area contributed by atoms with Gasteiger partial charge in [-0.3, -0.25) is 4.79 Å². The third-order valence-corrected chi connectivity index (χ3v) is 5.71. The molecule has 27 heavy (non-hydrogen) atoms. The van der Waals surface area contributed by atoms with E-state index in [-0.39, 0.29) is 29.3 Å². The lowest BCUT2D eigenvalue weighted by Gasteiger charge is -2.35. The maximum atomic E-state index is 13.8. The second-order valence-corrected chi connectivity index (χ2v) is 7.41. The van der Waals surface area contributed by atoms with Crippen LogP contribution < -0.4 is 5.32 Å². The predicted octanol–water partition coefficient (Wildman–Crippen LogP) is 3.05.